The smallest absolute Gasteiger partial charge is 0.319 e. The Kier molecular flexibility index (Phi) is 3.52. The summed E-state index contributed by atoms with van der Waals surface area (Å²) >= 11 is 0. The molecular formula is C11H14N6O. The van der Waals surface area contributed by atoms with E-state index in [1.54, 1.807) is 35.4 Å². The minimum absolute atomic E-state index is 0.223. The number of hydrogen-bond acceptors (Lipinski definition) is 4. The van der Waals surface area contributed by atoms with Gasteiger partial charge in [-0.25, -0.2) is 4.79 Å². The molecule has 2 rings (SSSR count). The van der Waals surface area contributed by atoms with E-state index in [0.29, 0.717) is 11.5 Å². The number of carbonyl (C=O) groups is 1. The maximum atomic E-state index is 11.7. The third kappa shape index (κ3) is 2.82. The van der Waals surface area contributed by atoms with E-state index in [4.69, 9.17) is 0 Å². The predicted molar refractivity (Wildman–Crippen MR) is 65.8 cm³/mol. The SMILES string of the molecule is C[C@@H](NC(=O)Nc1ccncc1)c1nncn1C. The first-order valence-electron chi connectivity index (χ1n) is 5.48. The molecule has 0 saturated heterocycles. The molecule has 0 saturated carbocycles. The maximum absolute atomic E-state index is 11.7. The molecule has 2 aromatic heterocycles. The maximum Gasteiger partial charge on any atom is 0.319 e. The fraction of sp³-hybridized carbons (Fsp3) is 0.273. The fourth-order valence-corrected chi connectivity index (χ4v) is 1.55. The highest BCUT2D eigenvalue weighted by Gasteiger charge is 2.13. The number of aryl methyl sites for hydroxylation is 1. The van der Waals surface area contributed by atoms with Crippen LogP contribution < -0.4 is 10.6 Å². The van der Waals surface area contributed by atoms with Gasteiger partial charge in [-0.2, -0.15) is 0 Å². The summed E-state index contributed by atoms with van der Waals surface area (Å²) in [5, 5.41) is 13.2. The third-order valence-corrected chi connectivity index (χ3v) is 2.42. The molecule has 2 heterocycles. The van der Waals surface area contributed by atoms with Gasteiger partial charge in [0.25, 0.3) is 0 Å². The highest BCUT2D eigenvalue weighted by molar-refractivity contribution is 5.89. The number of urea groups is 1. The molecule has 2 N–H and O–H groups in total. The summed E-state index contributed by atoms with van der Waals surface area (Å²) in [5.74, 6) is 0.694. The van der Waals surface area contributed by atoms with Gasteiger partial charge in [0.05, 0.1) is 6.04 Å². The second-order valence-electron chi connectivity index (χ2n) is 3.86. The summed E-state index contributed by atoms with van der Waals surface area (Å²) in [6, 6.07) is 2.91. The fourth-order valence-electron chi connectivity index (χ4n) is 1.55. The second-order valence-corrected chi connectivity index (χ2v) is 3.86. The summed E-state index contributed by atoms with van der Waals surface area (Å²) < 4.78 is 1.76. The second kappa shape index (κ2) is 5.26. The molecule has 0 bridgehead atoms. The summed E-state index contributed by atoms with van der Waals surface area (Å²) in [5.41, 5.74) is 0.688. The van der Waals surface area contributed by atoms with E-state index < -0.39 is 0 Å². The van der Waals surface area contributed by atoms with Gasteiger partial charge in [-0.1, -0.05) is 0 Å². The molecule has 0 fully saturated rings. The van der Waals surface area contributed by atoms with Crippen LogP contribution in [0.2, 0.25) is 0 Å². The van der Waals surface area contributed by atoms with Crippen molar-refractivity contribution in [1.29, 1.82) is 0 Å². The number of amides is 2. The van der Waals surface area contributed by atoms with Gasteiger partial charge in [0.2, 0.25) is 0 Å². The molecular weight excluding hydrogens is 232 g/mol. The van der Waals surface area contributed by atoms with Crippen molar-refractivity contribution in [3.63, 3.8) is 0 Å². The Morgan fingerprint density at radius 3 is 2.72 bits per heavy atom. The van der Waals surface area contributed by atoms with Crippen LogP contribution in [0.4, 0.5) is 10.5 Å². The number of carbonyl (C=O) groups excluding carboxylic acids is 1. The Morgan fingerprint density at radius 2 is 2.11 bits per heavy atom. The molecule has 0 aliphatic rings. The Bertz CT molecular complexity index is 523. The van der Waals surface area contributed by atoms with Crippen molar-refractivity contribution < 1.29 is 4.79 Å². The molecule has 0 aliphatic heterocycles. The summed E-state index contributed by atoms with van der Waals surface area (Å²) in [7, 11) is 1.83. The van der Waals surface area contributed by atoms with Gasteiger partial charge in [-0.05, 0) is 19.1 Å². The van der Waals surface area contributed by atoms with Crippen LogP contribution in [0.25, 0.3) is 0 Å². The lowest BCUT2D eigenvalue weighted by Crippen LogP contribution is -2.32. The molecule has 0 unspecified atom stereocenters. The van der Waals surface area contributed by atoms with E-state index in [-0.39, 0.29) is 12.1 Å². The highest BCUT2D eigenvalue weighted by Crippen LogP contribution is 2.08. The van der Waals surface area contributed by atoms with Crippen LogP contribution in [-0.4, -0.2) is 25.8 Å². The van der Waals surface area contributed by atoms with Crippen LogP contribution in [0, 0.1) is 0 Å². The van der Waals surface area contributed by atoms with E-state index in [1.807, 2.05) is 14.0 Å². The van der Waals surface area contributed by atoms with Gasteiger partial charge < -0.3 is 15.2 Å². The van der Waals surface area contributed by atoms with Crippen molar-refractivity contribution in [2.24, 2.45) is 7.05 Å². The van der Waals surface area contributed by atoms with Crippen LogP contribution in [0.5, 0.6) is 0 Å². The van der Waals surface area contributed by atoms with E-state index in [0.717, 1.165) is 0 Å². The Morgan fingerprint density at radius 1 is 1.39 bits per heavy atom. The van der Waals surface area contributed by atoms with Crippen molar-refractivity contribution in [3.8, 4) is 0 Å². The predicted octanol–water partition coefficient (Wildman–Crippen LogP) is 1.09. The number of rotatable bonds is 3. The molecule has 7 nitrogen and oxygen atoms in total. The molecule has 2 amide bonds. The van der Waals surface area contributed by atoms with E-state index in [1.165, 1.54) is 0 Å². The molecule has 0 aromatic carbocycles. The van der Waals surface area contributed by atoms with Gasteiger partial charge in [0.15, 0.2) is 5.82 Å². The molecule has 18 heavy (non-hydrogen) atoms. The molecule has 94 valence electrons. The standard InChI is InChI=1S/C11H14N6O/c1-8(10-16-13-7-17(10)2)14-11(18)15-9-3-5-12-6-4-9/h3-8H,1-2H3,(H2,12,14,15,18)/t8-/m1/s1. The van der Waals surface area contributed by atoms with Gasteiger partial charge in [0, 0.05) is 25.1 Å². The lowest BCUT2D eigenvalue weighted by Gasteiger charge is -2.13. The largest absolute Gasteiger partial charge is 0.328 e. The molecule has 0 spiro atoms. The van der Waals surface area contributed by atoms with Crippen LogP contribution in [0.3, 0.4) is 0 Å². The molecule has 2 aromatic rings. The van der Waals surface area contributed by atoms with Crippen molar-refractivity contribution in [2.45, 2.75) is 13.0 Å². The van der Waals surface area contributed by atoms with E-state index >= 15 is 0 Å². The van der Waals surface area contributed by atoms with Crippen molar-refractivity contribution in [3.05, 3.63) is 36.7 Å². The summed E-state index contributed by atoms with van der Waals surface area (Å²) in [4.78, 5) is 15.6. The van der Waals surface area contributed by atoms with Crippen LogP contribution in [-0.2, 0) is 7.05 Å². The topological polar surface area (TPSA) is 84.7 Å². The number of aromatic nitrogens is 4. The van der Waals surface area contributed by atoms with Gasteiger partial charge in [0.1, 0.15) is 6.33 Å². The number of nitrogens with zero attached hydrogens (tertiary/aromatic N) is 4. The molecule has 0 radical (unpaired) electrons. The minimum Gasteiger partial charge on any atom is -0.328 e. The average molecular weight is 246 g/mol. The number of pyridine rings is 1. The van der Waals surface area contributed by atoms with Gasteiger partial charge in [-0.15, -0.1) is 10.2 Å². The van der Waals surface area contributed by atoms with Crippen LogP contribution in [0.1, 0.15) is 18.8 Å². The zero-order chi connectivity index (χ0) is 13.0. The summed E-state index contributed by atoms with van der Waals surface area (Å²) in [6.07, 6.45) is 4.82. The quantitative estimate of drug-likeness (QED) is 0.849. The van der Waals surface area contributed by atoms with E-state index in [9.17, 15) is 4.79 Å². The van der Waals surface area contributed by atoms with E-state index in [2.05, 4.69) is 25.8 Å². The third-order valence-electron chi connectivity index (χ3n) is 2.42. The number of anilines is 1. The van der Waals surface area contributed by atoms with Gasteiger partial charge >= 0.3 is 6.03 Å². The Balaban J connectivity index is 1.94. The van der Waals surface area contributed by atoms with Crippen molar-refractivity contribution in [2.75, 3.05) is 5.32 Å². The monoisotopic (exact) mass is 246 g/mol. The first-order chi connectivity index (χ1) is 8.66. The average Bonchev–Trinajstić information content (AvgIpc) is 2.76. The van der Waals surface area contributed by atoms with Crippen LogP contribution >= 0.6 is 0 Å². The highest BCUT2D eigenvalue weighted by atomic mass is 16.2. The zero-order valence-corrected chi connectivity index (χ0v) is 10.2. The van der Waals surface area contributed by atoms with Gasteiger partial charge in [-0.3, -0.25) is 4.98 Å². The first kappa shape index (κ1) is 12.0. The van der Waals surface area contributed by atoms with Crippen molar-refractivity contribution >= 4 is 11.7 Å². The normalized spacial score (nSPS) is 11.9. The summed E-state index contributed by atoms with van der Waals surface area (Å²) in [6.45, 7) is 1.84. The lowest BCUT2D eigenvalue weighted by molar-refractivity contribution is 0.248. The van der Waals surface area contributed by atoms with Crippen LogP contribution in [0.15, 0.2) is 30.9 Å². The lowest BCUT2D eigenvalue weighted by atomic mass is 10.3. The minimum atomic E-state index is -0.295. The Labute approximate surface area is 104 Å². The number of nitrogens with one attached hydrogen (secondary N) is 2. The first-order valence-corrected chi connectivity index (χ1v) is 5.48. The molecule has 7 heteroatoms. The Hall–Kier alpha value is -2.44. The molecule has 1 atom stereocenters. The zero-order valence-electron chi connectivity index (χ0n) is 10.2. The molecule has 0 aliphatic carbocycles. The van der Waals surface area contributed by atoms with Crippen molar-refractivity contribution in [1.82, 2.24) is 25.1 Å². The number of hydrogen-bond donors (Lipinski definition) is 2.